The van der Waals surface area contributed by atoms with Gasteiger partial charge in [0.1, 0.15) is 0 Å². The molecule has 6 heteroatoms. The van der Waals surface area contributed by atoms with Gasteiger partial charge in [0.25, 0.3) is 0 Å². The first-order chi connectivity index (χ1) is 8.89. The van der Waals surface area contributed by atoms with Gasteiger partial charge in [0.15, 0.2) is 0 Å². The van der Waals surface area contributed by atoms with E-state index in [1.807, 2.05) is 0 Å². The largest absolute Gasteiger partial charge is 0.481 e. The summed E-state index contributed by atoms with van der Waals surface area (Å²) in [6.07, 6.45) is 11.3. The van der Waals surface area contributed by atoms with Crippen LogP contribution in [0.4, 0.5) is 0 Å². The SMILES string of the molecule is CCCCCCCCCCCC(C(=O)O)[Si](Cl)(Cl)Cl. The van der Waals surface area contributed by atoms with Gasteiger partial charge in [0.2, 0.25) is 0 Å². The molecular formula is C13H25Cl3O2Si. The molecule has 0 spiro atoms. The number of halogens is 3. The molecule has 0 aliphatic carbocycles. The minimum absolute atomic E-state index is 0.494. The van der Waals surface area contributed by atoms with Crippen molar-refractivity contribution in [1.82, 2.24) is 0 Å². The highest BCUT2D eigenvalue weighted by molar-refractivity contribution is 7.65. The summed E-state index contributed by atoms with van der Waals surface area (Å²) in [5, 5.41) is 9.01. The second kappa shape index (κ2) is 11.2. The van der Waals surface area contributed by atoms with Crippen LogP contribution >= 0.6 is 33.2 Å². The number of carbonyl (C=O) groups is 1. The topological polar surface area (TPSA) is 37.3 Å². The maximum Gasteiger partial charge on any atom is 0.355 e. The fourth-order valence-corrected chi connectivity index (χ4v) is 4.72. The number of hydrogen-bond acceptors (Lipinski definition) is 1. The summed E-state index contributed by atoms with van der Waals surface area (Å²) in [5.74, 6) is -0.966. The quantitative estimate of drug-likeness (QED) is 0.266. The normalized spacial score (nSPS) is 13.5. The summed E-state index contributed by atoms with van der Waals surface area (Å²) in [5.41, 5.74) is -0.762. The molecule has 19 heavy (non-hydrogen) atoms. The van der Waals surface area contributed by atoms with Crippen molar-refractivity contribution in [2.24, 2.45) is 0 Å². The van der Waals surface area contributed by atoms with E-state index >= 15 is 0 Å². The lowest BCUT2D eigenvalue weighted by molar-refractivity contribution is -0.137. The van der Waals surface area contributed by atoms with Gasteiger partial charge in [-0.15, -0.1) is 33.2 Å². The predicted octanol–water partition coefficient (Wildman–Crippen LogP) is 6.02. The average Bonchev–Trinajstić information content (AvgIpc) is 2.29. The number of rotatable bonds is 12. The van der Waals surface area contributed by atoms with E-state index in [4.69, 9.17) is 38.3 Å². The van der Waals surface area contributed by atoms with Crippen molar-refractivity contribution >= 4 is 45.2 Å². The zero-order valence-electron chi connectivity index (χ0n) is 11.6. The standard InChI is InChI=1S/C13H25Cl3O2Si/c1-2-3-4-5-6-7-8-9-10-11-12(13(17)18)19(14,15)16/h12H,2-11H2,1H3,(H,17,18). The van der Waals surface area contributed by atoms with Crippen LogP contribution in [-0.2, 0) is 4.79 Å². The van der Waals surface area contributed by atoms with Crippen LogP contribution < -0.4 is 0 Å². The molecule has 0 bridgehead atoms. The molecular weight excluding hydrogens is 323 g/mol. The van der Waals surface area contributed by atoms with Gasteiger partial charge in [0, 0.05) is 0 Å². The highest BCUT2D eigenvalue weighted by Gasteiger charge is 2.41. The van der Waals surface area contributed by atoms with Crippen molar-refractivity contribution in [1.29, 1.82) is 0 Å². The van der Waals surface area contributed by atoms with Gasteiger partial charge in [-0.25, -0.2) is 0 Å². The second-order valence-corrected chi connectivity index (χ2v) is 13.9. The Morgan fingerprint density at radius 2 is 1.37 bits per heavy atom. The first-order valence-corrected chi connectivity index (χ1v) is 12.3. The molecule has 1 unspecified atom stereocenters. The Hall–Kier alpha value is 0.557. The zero-order chi connectivity index (χ0) is 14.7. The molecule has 2 nitrogen and oxygen atoms in total. The van der Waals surface area contributed by atoms with Crippen LogP contribution in [0.1, 0.15) is 71.1 Å². The summed E-state index contributed by atoms with van der Waals surface area (Å²) < 4.78 is 0. The molecule has 0 rings (SSSR count). The highest BCUT2D eigenvalue weighted by Crippen LogP contribution is 2.37. The maximum absolute atomic E-state index is 11.0. The molecule has 0 radical (unpaired) electrons. The van der Waals surface area contributed by atoms with Crippen LogP contribution in [0.5, 0.6) is 0 Å². The summed E-state index contributed by atoms with van der Waals surface area (Å²) in [7, 11) is 0. The lowest BCUT2D eigenvalue weighted by Gasteiger charge is -2.17. The Bertz CT molecular complexity index is 245. The number of aliphatic carboxylic acids is 1. The molecule has 0 aromatic rings. The average molecular weight is 348 g/mol. The van der Waals surface area contributed by atoms with E-state index in [9.17, 15) is 4.79 Å². The number of unbranched alkanes of at least 4 members (excludes halogenated alkanes) is 8. The van der Waals surface area contributed by atoms with Gasteiger partial charge in [-0.3, -0.25) is 4.79 Å². The van der Waals surface area contributed by atoms with E-state index in [1.54, 1.807) is 0 Å². The molecule has 0 fully saturated rings. The van der Waals surface area contributed by atoms with E-state index in [-0.39, 0.29) is 0 Å². The first-order valence-electron chi connectivity index (χ1n) is 7.19. The van der Waals surface area contributed by atoms with Crippen molar-refractivity contribution in [3.63, 3.8) is 0 Å². The smallest absolute Gasteiger partial charge is 0.355 e. The van der Waals surface area contributed by atoms with E-state index in [0.29, 0.717) is 6.42 Å². The third-order valence-corrected chi connectivity index (χ3v) is 6.99. The number of hydrogen-bond donors (Lipinski definition) is 1. The second-order valence-electron chi connectivity index (χ2n) is 5.05. The van der Waals surface area contributed by atoms with E-state index < -0.39 is 17.5 Å². The third-order valence-electron chi connectivity index (χ3n) is 3.29. The molecule has 0 aliphatic heterocycles. The lowest BCUT2D eigenvalue weighted by atomic mass is 10.1. The van der Waals surface area contributed by atoms with Crippen molar-refractivity contribution in [2.75, 3.05) is 0 Å². The molecule has 0 aromatic heterocycles. The summed E-state index contributed by atoms with van der Waals surface area (Å²) in [6, 6.07) is -3.12. The monoisotopic (exact) mass is 346 g/mol. The maximum atomic E-state index is 11.0. The van der Waals surface area contributed by atoms with Gasteiger partial charge in [-0.05, 0) is 6.42 Å². The fourth-order valence-electron chi connectivity index (χ4n) is 2.09. The third kappa shape index (κ3) is 10.9. The minimum Gasteiger partial charge on any atom is -0.481 e. The Labute approximate surface area is 131 Å². The van der Waals surface area contributed by atoms with Crippen LogP contribution in [0, 0.1) is 0 Å². The Balaban J connectivity index is 3.54. The summed E-state index contributed by atoms with van der Waals surface area (Å²) in [6.45, 7) is 2.22. The minimum atomic E-state index is -3.12. The van der Waals surface area contributed by atoms with Gasteiger partial charge < -0.3 is 5.11 Å². The van der Waals surface area contributed by atoms with E-state index in [0.717, 1.165) is 19.3 Å². The van der Waals surface area contributed by atoms with Crippen LogP contribution in [0.25, 0.3) is 0 Å². The summed E-state index contributed by atoms with van der Waals surface area (Å²) in [4.78, 5) is 11.0. The number of carboxylic acid groups (broad SMARTS) is 1. The van der Waals surface area contributed by atoms with E-state index in [2.05, 4.69) is 6.92 Å². The van der Waals surface area contributed by atoms with Crippen LogP contribution in [0.2, 0.25) is 5.54 Å². The lowest BCUT2D eigenvalue weighted by Crippen LogP contribution is -2.27. The summed E-state index contributed by atoms with van der Waals surface area (Å²) >= 11 is 17.4. The first kappa shape index (κ1) is 19.6. The van der Waals surface area contributed by atoms with Gasteiger partial charge in [-0.1, -0.05) is 64.7 Å². The van der Waals surface area contributed by atoms with Gasteiger partial charge in [0.05, 0.1) is 5.54 Å². The molecule has 0 aliphatic rings. The zero-order valence-corrected chi connectivity index (χ0v) is 14.9. The van der Waals surface area contributed by atoms with Gasteiger partial charge >= 0.3 is 12.0 Å². The van der Waals surface area contributed by atoms with Crippen LogP contribution in [-0.4, -0.2) is 17.1 Å². The van der Waals surface area contributed by atoms with Gasteiger partial charge in [-0.2, -0.15) is 0 Å². The van der Waals surface area contributed by atoms with Crippen molar-refractivity contribution in [2.45, 2.75) is 76.7 Å². The van der Waals surface area contributed by atoms with Crippen LogP contribution in [0.3, 0.4) is 0 Å². The number of carboxylic acids is 1. The molecule has 0 heterocycles. The highest BCUT2D eigenvalue weighted by atomic mass is 35.8. The van der Waals surface area contributed by atoms with Crippen molar-refractivity contribution < 1.29 is 9.90 Å². The van der Waals surface area contributed by atoms with Crippen LogP contribution in [0.15, 0.2) is 0 Å². The molecule has 0 amide bonds. The Morgan fingerprint density at radius 1 is 0.947 bits per heavy atom. The van der Waals surface area contributed by atoms with Crippen molar-refractivity contribution in [3.05, 3.63) is 0 Å². The van der Waals surface area contributed by atoms with Crippen molar-refractivity contribution in [3.8, 4) is 0 Å². The molecule has 0 aromatic carbocycles. The Morgan fingerprint density at radius 3 is 1.74 bits per heavy atom. The molecule has 0 saturated heterocycles. The molecule has 1 atom stereocenters. The molecule has 1 N–H and O–H groups in total. The van der Waals surface area contributed by atoms with E-state index in [1.165, 1.54) is 38.5 Å². The predicted molar refractivity (Wildman–Crippen MR) is 86.5 cm³/mol. The Kier molecular flexibility index (Phi) is 11.6. The molecule has 0 saturated carbocycles. The fraction of sp³-hybridized carbons (Fsp3) is 0.923. The molecule has 114 valence electrons.